The van der Waals surface area contributed by atoms with Crippen molar-refractivity contribution in [3.63, 3.8) is 0 Å². The van der Waals surface area contributed by atoms with E-state index in [9.17, 15) is 9.65 Å². The number of anilines is 1. The van der Waals surface area contributed by atoms with Gasteiger partial charge in [0.15, 0.2) is 5.65 Å². The molecule has 3 aromatic rings. The van der Waals surface area contributed by atoms with Crippen LogP contribution in [0.3, 0.4) is 0 Å². The first kappa shape index (κ1) is 16.5. The fourth-order valence-electron chi connectivity index (χ4n) is 2.38. The third-order valence-electron chi connectivity index (χ3n) is 3.35. The van der Waals surface area contributed by atoms with Crippen LogP contribution in [0.5, 0.6) is 0 Å². The van der Waals surface area contributed by atoms with Gasteiger partial charge in [-0.1, -0.05) is 23.2 Å². The average Bonchev–Trinajstić information content (AvgIpc) is 2.91. The largest absolute Gasteiger partial charge is 0.367 e. The zero-order chi connectivity index (χ0) is 17.4. The van der Waals surface area contributed by atoms with E-state index in [4.69, 9.17) is 23.2 Å². The Labute approximate surface area is 147 Å². The molecule has 24 heavy (non-hydrogen) atoms. The van der Waals surface area contributed by atoms with Crippen molar-refractivity contribution in [1.82, 2.24) is 14.6 Å². The minimum atomic E-state index is -0.446. The van der Waals surface area contributed by atoms with E-state index < -0.39 is 5.82 Å². The van der Waals surface area contributed by atoms with E-state index in [2.05, 4.69) is 15.4 Å². The van der Waals surface area contributed by atoms with Crippen LogP contribution in [0.15, 0.2) is 24.4 Å². The lowest BCUT2D eigenvalue weighted by molar-refractivity contribution is 0.628. The van der Waals surface area contributed by atoms with E-state index >= 15 is 0 Å². The van der Waals surface area contributed by atoms with Crippen LogP contribution in [0.25, 0.3) is 16.8 Å². The SMILES string of the molecule is CC(C)Nc1c(-c2ccc(F)cc2Cl)c(Cl)nc2c(C#N)cnn12. The van der Waals surface area contributed by atoms with Crippen LogP contribution in [0.2, 0.25) is 10.2 Å². The first-order valence-corrected chi connectivity index (χ1v) is 7.87. The molecule has 0 unspecified atom stereocenters. The molecule has 1 aromatic carbocycles. The molecular weight excluding hydrogens is 352 g/mol. The quantitative estimate of drug-likeness (QED) is 0.694. The highest BCUT2D eigenvalue weighted by Crippen LogP contribution is 2.39. The zero-order valence-electron chi connectivity index (χ0n) is 12.8. The predicted molar refractivity (Wildman–Crippen MR) is 91.9 cm³/mol. The summed E-state index contributed by atoms with van der Waals surface area (Å²) in [6.45, 7) is 3.90. The summed E-state index contributed by atoms with van der Waals surface area (Å²) in [5.41, 5.74) is 1.66. The Hall–Kier alpha value is -2.36. The highest BCUT2D eigenvalue weighted by molar-refractivity contribution is 6.36. The van der Waals surface area contributed by atoms with Gasteiger partial charge in [0, 0.05) is 11.6 Å². The van der Waals surface area contributed by atoms with Crippen LogP contribution in [-0.4, -0.2) is 20.6 Å². The number of nitriles is 1. The number of hydrogen-bond acceptors (Lipinski definition) is 4. The molecule has 0 fully saturated rings. The normalized spacial score (nSPS) is 11.0. The minimum absolute atomic E-state index is 0.0550. The van der Waals surface area contributed by atoms with E-state index in [-0.39, 0.29) is 16.2 Å². The maximum Gasteiger partial charge on any atom is 0.176 e. The summed E-state index contributed by atoms with van der Waals surface area (Å²) >= 11 is 12.6. The van der Waals surface area contributed by atoms with Crippen molar-refractivity contribution in [2.75, 3.05) is 5.32 Å². The molecule has 1 N–H and O–H groups in total. The van der Waals surface area contributed by atoms with Crippen molar-refractivity contribution in [2.24, 2.45) is 0 Å². The van der Waals surface area contributed by atoms with Gasteiger partial charge in [0.05, 0.1) is 16.8 Å². The van der Waals surface area contributed by atoms with Crippen molar-refractivity contribution in [2.45, 2.75) is 19.9 Å². The first-order valence-electron chi connectivity index (χ1n) is 7.11. The average molecular weight is 364 g/mol. The molecule has 0 spiro atoms. The van der Waals surface area contributed by atoms with Crippen molar-refractivity contribution in [3.05, 3.63) is 46.0 Å². The minimum Gasteiger partial charge on any atom is -0.367 e. The molecule has 0 radical (unpaired) electrons. The number of benzene rings is 1. The molecular formula is C16H12Cl2FN5. The van der Waals surface area contributed by atoms with E-state index in [1.807, 2.05) is 19.9 Å². The highest BCUT2D eigenvalue weighted by Gasteiger charge is 2.21. The van der Waals surface area contributed by atoms with Gasteiger partial charge in [-0.15, -0.1) is 0 Å². The molecule has 5 nitrogen and oxygen atoms in total. The first-order chi connectivity index (χ1) is 11.4. The summed E-state index contributed by atoms with van der Waals surface area (Å²) < 4.78 is 14.9. The second-order valence-corrected chi connectivity index (χ2v) is 6.22. The monoisotopic (exact) mass is 363 g/mol. The van der Waals surface area contributed by atoms with Gasteiger partial charge >= 0.3 is 0 Å². The molecule has 0 amide bonds. The summed E-state index contributed by atoms with van der Waals surface area (Å²) in [7, 11) is 0. The highest BCUT2D eigenvalue weighted by atomic mass is 35.5. The molecule has 0 aliphatic heterocycles. The summed E-state index contributed by atoms with van der Waals surface area (Å²) in [6.07, 6.45) is 1.42. The van der Waals surface area contributed by atoms with E-state index in [1.165, 1.54) is 28.9 Å². The number of nitrogens with one attached hydrogen (secondary N) is 1. The van der Waals surface area contributed by atoms with Gasteiger partial charge in [-0.25, -0.2) is 9.37 Å². The van der Waals surface area contributed by atoms with Gasteiger partial charge in [0.2, 0.25) is 0 Å². The second kappa shape index (κ2) is 6.27. The number of fused-ring (bicyclic) bond motifs is 1. The molecule has 0 saturated carbocycles. The Morgan fingerprint density at radius 2 is 2.08 bits per heavy atom. The fourth-order valence-corrected chi connectivity index (χ4v) is 2.92. The lowest BCUT2D eigenvalue weighted by Gasteiger charge is -2.18. The van der Waals surface area contributed by atoms with E-state index in [0.717, 1.165) is 0 Å². The summed E-state index contributed by atoms with van der Waals surface area (Å²) in [6, 6.07) is 6.12. The maximum atomic E-state index is 13.4. The number of halogens is 3. The van der Waals surface area contributed by atoms with Crippen molar-refractivity contribution >= 4 is 34.7 Å². The summed E-state index contributed by atoms with van der Waals surface area (Å²) in [5, 5.41) is 17.0. The van der Waals surface area contributed by atoms with Crippen LogP contribution < -0.4 is 5.32 Å². The van der Waals surface area contributed by atoms with Crippen molar-refractivity contribution < 1.29 is 4.39 Å². The molecule has 122 valence electrons. The van der Waals surface area contributed by atoms with E-state index in [0.29, 0.717) is 28.2 Å². The molecule has 0 bridgehead atoms. The van der Waals surface area contributed by atoms with Gasteiger partial charge in [-0.2, -0.15) is 14.9 Å². The third-order valence-corrected chi connectivity index (χ3v) is 3.94. The lowest BCUT2D eigenvalue weighted by atomic mass is 10.1. The summed E-state index contributed by atoms with van der Waals surface area (Å²) in [5.74, 6) is 0.0909. The molecule has 0 atom stereocenters. The Kier molecular flexibility index (Phi) is 4.31. The van der Waals surface area contributed by atoms with Crippen LogP contribution in [-0.2, 0) is 0 Å². The number of hydrogen-bond donors (Lipinski definition) is 1. The van der Waals surface area contributed by atoms with Crippen LogP contribution in [0.4, 0.5) is 10.2 Å². The molecule has 2 aromatic heterocycles. The van der Waals surface area contributed by atoms with Gasteiger partial charge in [-0.05, 0) is 32.0 Å². The molecule has 0 aliphatic rings. The third kappa shape index (κ3) is 2.77. The molecule has 0 saturated heterocycles. The van der Waals surface area contributed by atoms with Gasteiger partial charge in [-0.3, -0.25) is 0 Å². The number of nitrogens with zero attached hydrogens (tertiary/aromatic N) is 4. The lowest BCUT2D eigenvalue weighted by Crippen LogP contribution is -2.15. The Morgan fingerprint density at radius 1 is 1.33 bits per heavy atom. The van der Waals surface area contributed by atoms with Gasteiger partial charge < -0.3 is 5.32 Å². The van der Waals surface area contributed by atoms with Gasteiger partial charge in [0.25, 0.3) is 0 Å². The van der Waals surface area contributed by atoms with Crippen molar-refractivity contribution in [1.29, 1.82) is 5.26 Å². The molecule has 2 heterocycles. The van der Waals surface area contributed by atoms with E-state index in [1.54, 1.807) is 0 Å². The topological polar surface area (TPSA) is 66.0 Å². The maximum absolute atomic E-state index is 13.4. The Morgan fingerprint density at radius 3 is 2.71 bits per heavy atom. The fraction of sp³-hybridized carbons (Fsp3) is 0.188. The smallest absolute Gasteiger partial charge is 0.176 e. The molecule has 8 heteroatoms. The zero-order valence-corrected chi connectivity index (χ0v) is 14.3. The summed E-state index contributed by atoms with van der Waals surface area (Å²) in [4.78, 5) is 4.27. The predicted octanol–water partition coefficient (Wildman–Crippen LogP) is 4.53. The molecule has 3 rings (SSSR count). The van der Waals surface area contributed by atoms with Gasteiger partial charge in [0.1, 0.15) is 28.4 Å². The van der Waals surface area contributed by atoms with Crippen LogP contribution >= 0.6 is 23.2 Å². The Bertz CT molecular complexity index is 975. The molecule has 0 aliphatic carbocycles. The van der Waals surface area contributed by atoms with Crippen LogP contribution in [0, 0.1) is 17.1 Å². The van der Waals surface area contributed by atoms with Crippen molar-refractivity contribution in [3.8, 4) is 17.2 Å². The Balaban J connectivity index is 2.38. The number of rotatable bonds is 3. The number of aromatic nitrogens is 3. The second-order valence-electron chi connectivity index (χ2n) is 5.45. The standard InChI is InChI=1S/C16H12Cl2FN5/c1-8(2)22-16-13(11-4-3-10(19)5-12(11)17)14(18)23-15-9(6-20)7-21-24(15)16/h3-5,7-8,22H,1-2H3. The van der Waals surface area contributed by atoms with Crippen LogP contribution in [0.1, 0.15) is 19.4 Å².